The van der Waals surface area contributed by atoms with Crippen molar-refractivity contribution in [2.75, 3.05) is 0 Å². The summed E-state index contributed by atoms with van der Waals surface area (Å²) in [6.07, 6.45) is 1.52. The number of rotatable bonds is 2. The van der Waals surface area contributed by atoms with Crippen LogP contribution in [0.1, 0.15) is 5.69 Å². The smallest absolute Gasteiger partial charge is 0.135 e. The quantitative estimate of drug-likeness (QED) is 0.622. The van der Waals surface area contributed by atoms with E-state index < -0.39 is 6.67 Å². The van der Waals surface area contributed by atoms with Crippen LogP contribution in [0.3, 0.4) is 0 Å². The van der Waals surface area contributed by atoms with E-state index >= 15 is 0 Å². The second-order valence-corrected chi connectivity index (χ2v) is 1.81. The maximum atomic E-state index is 11.7. The first-order chi connectivity index (χ1) is 4.36. The van der Waals surface area contributed by atoms with Crippen molar-refractivity contribution in [1.29, 1.82) is 0 Å². The summed E-state index contributed by atoms with van der Waals surface area (Å²) in [5, 5.41) is 7.05. The Balaban J connectivity index is 2.74. The lowest BCUT2D eigenvalue weighted by molar-refractivity contribution is 0.475. The van der Waals surface area contributed by atoms with Gasteiger partial charge in [-0.15, -0.1) is 5.10 Å². The fourth-order valence-corrected chi connectivity index (χ4v) is 0.607. The molecule has 3 nitrogen and oxygen atoms in total. The van der Waals surface area contributed by atoms with Crippen LogP contribution in [-0.2, 0) is 12.6 Å². The largest absolute Gasteiger partial charge is 0.244 e. The van der Waals surface area contributed by atoms with Gasteiger partial charge in [0.1, 0.15) is 12.4 Å². The highest BCUT2D eigenvalue weighted by molar-refractivity contribution is 7.79. The van der Waals surface area contributed by atoms with E-state index in [1.54, 1.807) is 0 Å². The Hall–Kier alpha value is -0.580. The van der Waals surface area contributed by atoms with Crippen molar-refractivity contribution in [3.8, 4) is 0 Å². The molecule has 5 heteroatoms. The molecule has 50 valence electrons. The zero-order valence-electron chi connectivity index (χ0n) is 4.66. The molecular formula is C4H6FN3S. The fraction of sp³-hybridized carbons (Fsp3) is 0.500. The highest BCUT2D eigenvalue weighted by Gasteiger charge is 1.95. The van der Waals surface area contributed by atoms with Gasteiger partial charge in [-0.2, -0.15) is 12.6 Å². The van der Waals surface area contributed by atoms with E-state index in [9.17, 15) is 4.39 Å². The minimum absolute atomic E-state index is 0.351. The minimum Gasteiger partial charge on any atom is -0.244 e. The van der Waals surface area contributed by atoms with E-state index in [1.807, 2.05) is 0 Å². The Labute approximate surface area is 57.3 Å². The van der Waals surface area contributed by atoms with Gasteiger partial charge in [-0.1, -0.05) is 5.21 Å². The molecule has 0 spiro atoms. The van der Waals surface area contributed by atoms with Gasteiger partial charge in [0.15, 0.2) is 0 Å². The van der Waals surface area contributed by atoms with E-state index in [1.165, 1.54) is 10.9 Å². The van der Waals surface area contributed by atoms with Crippen molar-refractivity contribution in [1.82, 2.24) is 15.0 Å². The van der Waals surface area contributed by atoms with Gasteiger partial charge >= 0.3 is 0 Å². The van der Waals surface area contributed by atoms with Crippen LogP contribution in [0.2, 0.25) is 0 Å². The van der Waals surface area contributed by atoms with Crippen LogP contribution in [-0.4, -0.2) is 15.0 Å². The average molecular weight is 147 g/mol. The van der Waals surface area contributed by atoms with Crippen LogP contribution in [0.15, 0.2) is 6.20 Å². The van der Waals surface area contributed by atoms with Gasteiger partial charge < -0.3 is 0 Å². The summed E-state index contributed by atoms with van der Waals surface area (Å²) in [7, 11) is 0. The summed E-state index contributed by atoms with van der Waals surface area (Å²) in [6, 6.07) is 0. The first-order valence-corrected chi connectivity index (χ1v) is 3.06. The minimum atomic E-state index is -0.562. The number of halogens is 1. The number of hydrogen-bond acceptors (Lipinski definition) is 3. The SMILES string of the molecule is FCc1cn(CS)nn1. The first kappa shape index (κ1) is 6.54. The Morgan fingerprint density at radius 3 is 2.89 bits per heavy atom. The molecule has 0 aromatic carbocycles. The third kappa shape index (κ3) is 1.41. The molecule has 1 aromatic heterocycles. The lowest BCUT2D eigenvalue weighted by atomic mass is 10.5. The summed E-state index contributed by atoms with van der Waals surface area (Å²) < 4.78 is 13.2. The van der Waals surface area contributed by atoms with Crippen molar-refractivity contribution < 1.29 is 4.39 Å². The monoisotopic (exact) mass is 147 g/mol. The fourth-order valence-electron chi connectivity index (χ4n) is 0.469. The lowest BCUT2D eigenvalue weighted by Crippen LogP contribution is -1.91. The molecule has 0 fully saturated rings. The molecule has 0 atom stereocenters. The van der Waals surface area contributed by atoms with Crippen LogP contribution < -0.4 is 0 Å². The van der Waals surface area contributed by atoms with E-state index in [-0.39, 0.29) is 0 Å². The van der Waals surface area contributed by atoms with Crippen molar-refractivity contribution >= 4 is 12.6 Å². The van der Waals surface area contributed by atoms with Gasteiger partial charge in [0.2, 0.25) is 0 Å². The molecule has 0 aliphatic heterocycles. The number of aromatic nitrogens is 3. The Bertz CT molecular complexity index is 169. The number of alkyl halides is 1. The van der Waals surface area contributed by atoms with Gasteiger partial charge in [0.05, 0.1) is 12.1 Å². The van der Waals surface area contributed by atoms with Crippen molar-refractivity contribution in [3.05, 3.63) is 11.9 Å². The third-order valence-corrected chi connectivity index (χ3v) is 1.16. The van der Waals surface area contributed by atoms with Gasteiger partial charge in [-0.3, -0.25) is 0 Å². The van der Waals surface area contributed by atoms with Crippen LogP contribution in [0, 0.1) is 0 Å². The summed E-state index contributed by atoms with van der Waals surface area (Å²) in [5.41, 5.74) is 0.351. The van der Waals surface area contributed by atoms with E-state index in [4.69, 9.17) is 0 Å². The van der Waals surface area contributed by atoms with Crippen LogP contribution in [0.5, 0.6) is 0 Å². The first-order valence-electron chi connectivity index (χ1n) is 2.42. The molecule has 0 saturated carbocycles. The maximum absolute atomic E-state index is 11.7. The Morgan fingerprint density at radius 1 is 1.78 bits per heavy atom. The molecule has 0 amide bonds. The van der Waals surface area contributed by atoms with Crippen molar-refractivity contribution in [2.24, 2.45) is 0 Å². The summed E-state index contributed by atoms with van der Waals surface area (Å²) in [4.78, 5) is 0. The lowest BCUT2D eigenvalue weighted by Gasteiger charge is -1.85. The number of nitrogens with zero attached hydrogens (tertiary/aromatic N) is 3. The molecule has 1 aromatic rings. The van der Waals surface area contributed by atoms with Gasteiger partial charge in [-0.05, 0) is 0 Å². The second kappa shape index (κ2) is 2.82. The molecule has 0 saturated heterocycles. The topological polar surface area (TPSA) is 30.7 Å². The molecule has 0 unspecified atom stereocenters. The molecule has 0 bridgehead atoms. The molecule has 1 rings (SSSR count). The third-order valence-electron chi connectivity index (χ3n) is 0.868. The number of thiol groups is 1. The molecular weight excluding hydrogens is 141 g/mol. The van der Waals surface area contributed by atoms with Crippen LogP contribution >= 0.6 is 12.6 Å². The Kier molecular flexibility index (Phi) is 2.05. The van der Waals surface area contributed by atoms with Crippen molar-refractivity contribution in [3.63, 3.8) is 0 Å². The van der Waals surface area contributed by atoms with E-state index in [0.717, 1.165) is 0 Å². The highest BCUT2D eigenvalue weighted by Crippen LogP contribution is 1.94. The zero-order chi connectivity index (χ0) is 6.69. The molecule has 1 heterocycles. The summed E-state index contributed by atoms with van der Waals surface area (Å²) in [6.45, 7) is -0.562. The molecule has 0 N–H and O–H groups in total. The molecule has 0 radical (unpaired) electrons. The average Bonchev–Trinajstić information content (AvgIpc) is 2.34. The standard InChI is InChI=1S/C4H6FN3S/c5-1-4-2-8(3-9)7-6-4/h2,9H,1,3H2. The van der Waals surface area contributed by atoms with Crippen LogP contribution in [0.4, 0.5) is 4.39 Å². The predicted molar refractivity (Wildman–Crippen MR) is 33.8 cm³/mol. The molecule has 0 aliphatic carbocycles. The van der Waals surface area contributed by atoms with E-state index in [2.05, 4.69) is 22.9 Å². The summed E-state index contributed by atoms with van der Waals surface area (Å²) in [5.74, 6) is 0.438. The highest BCUT2D eigenvalue weighted by atomic mass is 32.1. The summed E-state index contributed by atoms with van der Waals surface area (Å²) >= 11 is 3.90. The molecule has 9 heavy (non-hydrogen) atoms. The maximum Gasteiger partial charge on any atom is 0.135 e. The predicted octanol–water partition coefficient (Wildman–Crippen LogP) is 0.635. The Morgan fingerprint density at radius 2 is 2.56 bits per heavy atom. The van der Waals surface area contributed by atoms with Crippen molar-refractivity contribution in [2.45, 2.75) is 12.6 Å². The normalized spacial score (nSPS) is 10.0. The zero-order valence-corrected chi connectivity index (χ0v) is 5.55. The second-order valence-electron chi connectivity index (χ2n) is 1.52. The van der Waals surface area contributed by atoms with Crippen LogP contribution in [0.25, 0.3) is 0 Å². The number of hydrogen-bond donors (Lipinski definition) is 1. The van der Waals surface area contributed by atoms with Gasteiger partial charge in [0, 0.05) is 0 Å². The van der Waals surface area contributed by atoms with Gasteiger partial charge in [0.25, 0.3) is 0 Å². The van der Waals surface area contributed by atoms with Gasteiger partial charge in [-0.25, -0.2) is 9.07 Å². The molecule has 0 aliphatic rings. The van der Waals surface area contributed by atoms with E-state index in [0.29, 0.717) is 11.6 Å².